The largest absolute Gasteiger partial charge is 0.497 e. The van der Waals surface area contributed by atoms with Gasteiger partial charge in [-0.3, -0.25) is 4.79 Å². The Morgan fingerprint density at radius 3 is 2.47 bits per heavy atom. The Kier molecular flexibility index (Phi) is 7.47. The molecule has 7 nitrogen and oxygen atoms in total. The van der Waals surface area contributed by atoms with Crippen LogP contribution in [0.1, 0.15) is 31.7 Å². The van der Waals surface area contributed by atoms with Crippen LogP contribution in [0.2, 0.25) is 0 Å². The van der Waals surface area contributed by atoms with Gasteiger partial charge in [0.25, 0.3) is 5.91 Å². The zero-order valence-electron chi connectivity index (χ0n) is 17.3. The number of hydrogen-bond donors (Lipinski definition) is 1. The van der Waals surface area contributed by atoms with E-state index >= 15 is 0 Å². The van der Waals surface area contributed by atoms with Gasteiger partial charge in [0.15, 0.2) is 0 Å². The van der Waals surface area contributed by atoms with Gasteiger partial charge in [-0.1, -0.05) is 18.6 Å². The summed E-state index contributed by atoms with van der Waals surface area (Å²) in [7, 11) is -1.89. The Morgan fingerprint density at radius 2 is 1.80 bits per heavy atom. The molecule has 3 rings (SSSR count). The molecule has 162 valence electrons. The molecule has 0 spiro atoms. The van der Waals surface area contributed by atoms with E-state index in [0.717, 1.165) is 30.6 Å². The van der Waals surface area contributed by atoms with Crippen molar-refractivity contribution in [2.24, 2.45) is 0 Å². The molecule has 0 aliphatic carbocycles. The Morgan fingerprint density at radius 1 is 1.10 bits per heavy atom. The van der Waals surface area contributed by atoms with E-state index in [1.54, 1.807) is 26.2 Å². The maximum absolute atomic E-state index is 12.7. The highest BCUT2D eigenvalue weighted by molar-refractivity contribution is 7.89. The number of methoxy groups -OCH3 is 1. The number of sulfonamides is 1. The summed E-state index contributed by atoms with van der Waals surface area (Å²) in [6.45, 7) is 3.06. The fourth-order valence-corrected chi connectivity index (χ4v) is 4.78. The Labute approximate surface area is 178 Å². The van der Waals surface area contributed by atoms with Crippen LogP contribution in [0, 0.1) is 0 Å². The lowest BCUT2D eigenvalue weighted by molar-refractivity contribution is -0.127. The molecule has 8 heteroatoms. The summed E-state index contributed by atoms with van der Waals surface area (Å²) >= 11 is 0. The second kappa shape index (κ2) is 10.1. The van der Waals surface area contributed by atoms with Crippen molar-refractivity contribution >= 4 is 21.6 Å². The zero-order chi connectivity index (χ0) is 21.6. The minimum absolute atomic E-state index is 0.240. The van der Waals surface area contributed by atoms with Crippen LogP contribution in [0.3, 0.4) is 0 Å². The molecule has 0 bridgehead atoms. The molecule has 2 aromatic carbocycles. The van der Waals surface area contributed by atoms with Gasteiger partial charge in [-0.15, -0.1) is 0 Å². The van der Waals surface area contributed by atoms with Crippen molar-refractivity contribution in [2.45, 2.75) is 43.8 Å². The topological polar surface area (TPSA) is 84.9 Å². The first kappa shape index (κ1) is 22.3. The number of hydrogen-bond acceptors (Lipinski definition) is 5. The van der Waals surface area contributed by atoms with E-state index in [-0.39, 0.29) is 17.4 Å². The SMILES string of the molecule is COc1cccc(COC(C)C(=O)Nc2ccc(S(=O)(=O)N3CCCCC3)cc2)c1. The number of amides is 1. The van der Waals surface area contributed by atoms with E-state index in [9.17, 15) is 13.2 Å². The fourth-order valence-electron chi connectivity index (χ4n) is 3.27. The second-order valence-corrected chi connectivity index (χ2v) is 9.22. The molecular formula is C22H28N2O5S. The highest BCUT2D eigenvalue weighted by atomic mass is 32.2. The van der Waals surface area contributed by atoms with Crippen LogP contribution >= 0.6 is 0 Å². The number of carbonyl (C=O) groups is 1. The average molecular weight is 433 g/mol. The van der Waals surface area contributed by atoms with Crippen molar-refractivity contribution in [3.8, 4) is 5.75 Å². The van der Waals surface area contributed by atoms with Gasteiger partial charge >= 0.3 is 0 Å². The number of nitrogens with one attached hydrogen (secondary N) is 1. The Bertz CT molecular complexity index is 954. The molecule has 1 aliphatic heterocycles. The van der Waals surface area contributed by atoms with Crippen molar-refractivity contribution in [3.05, 3.63) is 54.1 Å². The van der Waals surface area contributed by atoms with Crippen molar-refractivity contribution < 1.29 is 22.7 Å². The fraction of sp³-hybridized carbons (Fsp3) is 0.409. The molecule has 1 saturated heterocycles. The van der Waals surface area contributed by atoms with Crippen molar-refractivity contribution in [2.75, 3.05) is 25.5 Å². The van der Waals surface area contributed by atoms with Crippen LogP contribution in [0.15, 0.2) is 53.4 Å². The second-order valence-electron chi connectivity index (χ2n) is 7.28. The van der Waals surface area contributed by atoms with Gasteiger partial charge in [0.05, 0.1) is 18.6 Å². The van der Waals surface area contributed by atoms with Crippen LogP contribution in [0.4, 0.5) is 5.69 Å². The Hall–Kier alpha value is -2.42. The van der Waals surface area contributed by atoms with Gasteiger partial charge in [0.1, 0.15) is 11.9 Å². The number of nitrogens with zero attached hydrogens (tertiary/aromatic N) is 1. The molecule has 1 unspecified atom stereocenters. The summed E-state index contributed by atoms with van der Waals surface area (Å²) in [6, 6.07) is 13.7. The number of rotatable bonds is 8. The predicted octanol–water partition coefficient (Wildman–Crippen LogP) is 3.41. The third-order valence-electron chi connectivity index (χ3n) is 5.08. The molecule has 1 heterocycles. The summed E-state index contributed by atoms with van der Waals surface area (Å²) < 4.78 is 37.8. The van der Waals surface area contributed by atoms with E-state index < -0.39 is 16.1 Å². The zero-order valence-corrected chi connectivity index (χ0v) is 18.2. The van der Waals surface area contributed by atoms with Crippen LogP contribution in [0.5, 0.6) is 5.75 Å². The lowest BCUT2D eigenvalue weighted by atomic mass is 10.2. The molecule has 30 heavy (non-hydrogen) atoms. The molecule has 0 aromatic heterocycles. The predicted molar refractivity (Wildman–Crippen MR) is 115 cm³/mol. The maximum Gasteiger partial charge on any atom is 0.253 e. The normalized spacial score (nSPS) is 16.1. The van der Waals surface area contributed by atoms with Gasteiger partial charge in [-0.25, -0.2) is 8.42 Å². The smallest absolute Gasteiger partial charge is 0.253 e. The van der Waals surface area contributed by atoms with Gasteiger partial charge in [0, 0.05) is 18.8 Å². The van der Waals surface area contributed by atoms with Gasteiger partial charge in [-0.05, 0) is 61.7 Å². The van der Waals surface area contributed by atoms with Crippen LogP contribution < -0.4 is 10.1 Å². The highest BCUT2D eigenvalue weighted by Gasteiger charge is 2.25. The highest BCUT2D eigenvalue weighted by Crippen LogP contribution is 2.22. The van der Waals surface area contributed by atoms with E-state index in [2.05, 4.69) is 5.32 Å². The maximum atomic E-state index is 12.7. The molecule has 1 aliphatic rings. The third-order valence-corrected chi connectivity index (χ3v) is 6.99. The minimum Gasteiger partial charge on any atom is -0.497 e. The standard InChI is InChI=1S/C22H28N2O5S/c1-17(29-16-18-7-6-8-20(15-18)28-2)22(25)23-19-9-11-21(12-10-19)30(26,27)24-13-4-3-5-14-24/h6-12,15,17H,3-5,13-14,16H2,1-2H3,(H,23,25). The van der Waals surface area contributed by atoms with E-state index in [1.165, 1.54) is 16.4 Å². The first-order valence-electron chi connectivity index (χ1n) is 10.1. The van der Waals surface area contributed by atoms with Crippen molar-refractivity contribution in [1.82, 2.24) is 4.31 Å². The molecule has 0 saturated carbocycles. The van der Waals surface area contributed by atoms with Crippen LogP contribution in [-0.2, 0) is 26.2 Å². The van der Waals surface area contributed by atoms with Gasteiger partial charge < -0.3 is 14.8 Å². The van der Waals surface area contributed by atoms with E-state index in [0.29, 0.717) is 18.8 Å². The quantitative estimate of drug-likeness (QED) is 0.691. The van der Waals surface area contributed by atoms with E-state index in [4.69, 9.17) is 9.47 Å². The summed E-state index contributed by atoms with van der Waals surface area (Å²) in [6.07, 6.45) is 2.17. The lowest BCUT2D eigenvalue weighted by Crippen LogP contribution is -2.35. The summed E-state index contributed by atoms with van der Waals surface area (Å²) in [5, 5.41) is 2.76. The molecule has 1 amide bonds. The summed E-state index contributed by atoms with van der Waals surface area (Å²) in [4.78, 5) is 12.6. The van der Waals surface area contributed by atoms with Crippen LogP contribution in [-0.4, -0.2) is 44.9 Å². The van der Waals surface area contributed by atoms with Gasteiger partial charge in [0.2, 0.25) is 10.0 Å². The van der Waals surface area contributed by atoms with Crippen LogP contribution in [0.25, 0.3) is 0 Å². The molecular weight excluding hydrogens is 404 g/mol. The monoisotopic (exact) mass is 432 g/mol. The van der Waals surface area contributed by atoms with E-state index in [1.807, 2.05) is 24.3 Å². The molecule has 1 atom stereocenters. The molecule has 2 aromatic rings. The third kappa shape index (κ3) is 5.59. The molecule has 0 radical (unpaired) electrons. The number of benzene rings is 2. The summed E-state index contributed by atoms with van der Waals surface area (Å²) in [5.74, 6) is 0.428. The number of ether oxygens (including phenoxy) is 2. The lowest BCUT2D eigenvalue weighted by Gasteiger charge is -2.25. The first-order valence-corrected chi connectivity index (χ1v) is 11.5. The average Bonchev–Trinajstić information content (AvgIpc) is 2.78. The number of carbonyl (C=O) groups excluding carboxylic acids is 1. The Balaban J connectivity index is 1.55. The van der Waals surface area contributed by atoms with Crippen molar-refractivity contribution in [3.63, 3.8) is 0 Å². The molecule has 1 fully saturated rings. The number of anilines is 1. The summed E-state index contributed by atoms with van der Waals surface area (Å²) in [5.41, 5.74) is 1.43. The van der Waals surface area contributed by atoms with Gasteiger partial charge in [-0.2, -0.15) is 4.31 Å². The minimum atomic E-state index is -3.48. The number of piperidine rings is 1. The first-order chi connectivity index (χ1) is 14.4. The van der Waals surface area contributed by atoms with Crippen molar-refractivity contribution in [1.29, 1.82) is 0 Å². The molecule has 1 N–H and O–H groups in total.